The second kappa shape index (κ2) is 7.75. The maximum absolute atomic E-state index is 12.2. The molecule has 1 unspecified atom stereocenters. The van der Waals surface area contributed by atoms with Gasteiger partial charge >= 0.3 is 6.61 Å². The number of benzene rings is 1. The molecule has 0 aromatic heterocycles. The molecule has 0 spiro atoms. The van der Waals surface area contributed by atoms with Crippen LogP contribution in [0.25, 0.3) is 0 Å². The van der Waals surface area contributed by atoms with Crippen LogP contribution < -0.4 is 10.1 Å². The largest absolute Gasteiger partial charge is 0.433 e. The van der Waals surface area contributed by atoms with Gasteiger partial charge in [-0.25, -0.2) is 0 Å². The lowest BCUT2D eigenvalue weighted by atomic mass is 10.2. The van der Waals surface area contributed by atoms with Crippen LogP contribution in [0, 0.1) is 0 Å². The van der Waals surface area contributed by atoms with E-state index in [-0.39, 0.29) is 16.9 Å². The first-order valence-electron chi connectivity index (χ1n) is 7.91. The highest BCUT2D eigenvalue weighted by atomic mass is 35.5. The molecule has 2 fully saturated rings. The van der Waals surface area contributed by atoms with E-state index in [4.69, 9.17) is 16.3 Å². The summed E-state index contributed by atoms with van der Waals surface area (Å²) in [6.45, 7) is 1.29. The minimum Gasteiger partial charge on any atom is -0.433 e. The van der Waals surface area contributed by atoms with Crippen molar-refractivity contribution in [1.82, 2.24) is 10.2 Å². The van der Waals surface area contributed by atoms with Gasteiger partial charge in [0.1, 0.15) is 5.75 Å². The zero-order chi connectivity index (χ0) is 16.2. The van der Waals surface area contributed by atoms with Crippen molar-refractivity contribution >= 4 is 11.6 Å². The minimum atomic E-state index is -2.87. The summed E-state index contributed by atoms with van der Waals surface area (Å²) in [6, 6.07) is 5.61. The number of morpholine rings is 1. The van der Waals surface area contributed by atoms with E-state index in [1.165, 1.54) is 18.9 Å². The quantitative estimate of drug-likeness (QED) is 0.823. The Morgan fingerprint density at radius 1 is 1.39 bits per heavy atom. The Morgan fingerprint density at radius 3 is 2.91 bits per heavy atom. The van der Waals surface area contributed by atoms with Crippen molar-refractivity contribution < 1.29 is 18.3 Å². The van der Waals surface area contributed by atoms with Gasteiger partial charge in [0, 0.05) is 32.2 Å². The highest BCUT2D eigenvalue weighted by Crippen LogP contribution is 2.28. The van der Waals surface area contributed by atoms with E-state index >= 15 is 0 Å². The third-order valence-electron chi connectivity index (χ3n) is 4.15. The molecule has 1 aliphatic heterocycles. The first-order valence-corrected chi connectivity index (χ1v) is 8.29. The van der Waals surface area contributed by atoms with Gasteiger partial charge in [0.2, 0.25) is 0 Å². The van der Waals surface area contributed by atoms with Crippen molar-refractivity contribution in [3.05, 3.63) is 28.8 Å². The van der Waals surface area contributed by atoms with Crippen LogP contribution in [0.3, 0.4) is 0 Å². The number of halogens is 3. The normalized spacial score (nSPS) is 22.5. The molecule has 3 rings (SSSR count). The van der Waals surface area contributed by atoms with Gasteiger partial charge in [0.15, 0.2) is 0 Å². The molecular formula is C16H21ClF2N2O2. The van der Waals surface area contributed by atoms with Crippen LogP contribution in [-0.4, -0.2) is 49.9 Å². The van der Waals surface area contributed by atoms with Crippen molar-refractivity contribution in [3.8, 4) is 5.75 Å². The zero-order valence-electron chi connectivity index (χ0n) is 12.8. The zero-order valence-corrected chi connectivity index (χ0v) is 13.6. The van der Waals surface area contributed by atoms with Crippen molar-refractivity contribution in [2.24, 2.45) is 0 Å². The molecule has 1 N–H and O–H groups in total. The molecule has 1 atom stereocenters. The number of hydrogen-bond donors (Lipinski definition) is 1. The second-order valence-corrected chi connectivity index (χ2v) is 6.40. The maximum atomic E-state index is 12.2. The Hall–Kier alpha value is -0.950. The van der Waals surface area contributed by atoms with Crippen LogP contribution >= 0.6 is 11.6 Å². The molecule has 1 aliphatic carbocycles. The van der Waals surface area contributed by atoms with Crippen LogP contribution in [0.2, 0.25) is 5.02 Å². The number of nitrogens with one attached hydrogen (secondary N) is 1. The Morgan fingerprint density at radius 2 is 2.22 bits per heavy atom. The number of rotatable bonds is 7. The van der Waals surface area contributed by atoms with Gasteiger partial charge in [-0.2, -0.15) is 8.78 Å². The van der Waals surface area contributed by atoms with E-state index in [1.54, 1.807) is 12.1 Å². The Bertz CT molecular complexity index is 529. The smallest absolute Gasteiger partial charge is 0.387 e. The first kappa shape index (κ1) is 16.9. The van der Waals surface area contributed by atoms with E-state index in [2.05, 4.69) is 15.0 Å². The molecule has 0 amide bonds. The average molecular weight is 347 g/mol. The topological polar surface area (TPSA) is 33.7 Å². The average Bonchev–Trinajstić information content (AvgIpc) is 3.35. The molecule has 1 aromatic rings. The lowest BCUT2D eigenvalue weighted by Crippen LogP contribution is -2.47. The highest BCUT2D eigenvalue weighted by Gasteiger charge is 2.32. The summed E-state index contributed by atoms with van der Waals surface area (Å²) in [5, 5.41) is 3.53. The van der Waals surface area contributed by atoms with Crippen molar-refractivity contribution in [2.45, 2.75) is 38.1 Å². The van der Waals surface area contributed by atoms with Gasteiger partial charge in [0.05, 0.1) is 17.7 Å². The standard InChI is InChI=1S/C16H21ClF2N2O2/c17-14-7-11(1-4-15(14)23-16(18)19)8-20-9-13-10-21(5-6-22-13)12-2-3-12/h1,4,7,12-13,16,20H,2-3,5-6,8-10H2. The van der Waals surface area contributed by atoms with Gasteiger partial charge in [-0.1, -0.05) is 17.7 Å². The van der Waals surface area contributed by atoms with E-state index in [1.807, 2.05) is 0 Å². The fraction of sp³-hybridized carbons (Fsp3) is 0.625. The molecule has 128 valence electrons. The summed E-state index contributed by atoms with van der Waals surface area (Å²) in [4.78, 5) is 2.50. The summed E-state index contributed by atoms with van der Waals surface area (Å²) >= 11 is 5.94. The summed E-state index contributed by atoms with van der Waals surface area (Å²) in [5.74, 6) is 0.00102. The van der Waals surface area contributed by atoms with Crippen LogP contribution in [0.5, 0.6) is 5.75 Å². The van der Waals surface area contributed by atoms with E-state index < -0.39 is 6.61 Å². The lowest BCUT2D eigenvalue weighted by molar-refractivity contribution is -0.0498. The third kappa shape index (κ3) is 5.01. The number of alkyl halides is 2. The highest BCUT2D eigenvalue weighted by molar-refractivity contribution is 6.32. The molecule has 7 heteroatoms. The predicted molar refractivity (Wildman–Crippen MR) is 84.1 cm³/mol. The van der Waals surface area contributed by atoms with Crippen molar-refractivity contribution in [3.63, 3.8) is 0 Å². The molecule has 4 nitrogen and oxygen atoms in total. The maximum Gasteiger partial charge on any atom is 0.387 e. The molecule has 0 bridgehead atoms. The van der Waals surface area contributed by atoms with E-state index in [0.29, 0.717) is 6.54 Å². The van der Waals surface area contributed by atoms with Crippen molar-refractivity contribution in [1.29, 1.82) is 0 Å². The summed E-state index contributed by atoms with van der Waals surface area (Å²) in [6.07, 6.45) is 2.82. The minimum absolute atomic E-state index is 0.00102. The fourth-order valence-electron chi connectivity index (χ4n) is 2.86. The first-order chi connectivity index (χ1) is 11.1. The lowest BCUT2D eigenvalue weighted by Gasteiger charge is -2.33. The van der Waals surface area contributed by atoms with Crippen molar-refractivity contribution in [2.75, 3.05) is 26.2 Å². The second-order valence-electron chi connectivity index (χ2n) is 5.99. The van der Waals surface area contributed by atoms with Crippen LogP contribution in [-0.2, 0) is 11.3 Å². The van der Waals surface area contributed by atoms with Gasteiger partial charge in [0.25, 0.3) is 0 Å². The Balaban J connectivity index is 1.44. The molecule has 23 heavy (non-hydrogen) atoms. The summed E-state index contributed by atoms with van der Waals surface area (Å²) < 4.78 is 34.5. The van der Waals surface area contributed by atoms with Gasteiger partial charge in [-0.15, -0.1) is 0 Å². The Kier molecular flexibility index (Phi) is 5.69. The SMILES string of the molecule is FC(F)Oc1ccc(CNCC2CN(C3CC3)CCO2)cc1Cl. The molecule has 1 saturated carbocycles. The number of hydrogen-bond acceptors (Lipinski definition) is 4. The van der Waals surface area contributed by atoms with Gasteiger partial charge in [-0.3, -0.25) is 4.90 Å². The number of nitrogens with zero attached hydrogens (tertiary/aromatic N) is 1. The molecule has 1 heterocycles. The number of ether oxygens (including phenoxy) is 2. The molecule has 2 aliphatic rings. The molecule has 0 radical (unpaired) electrons. The Labute approximate surface area is 139 Å². The molecule has 1 saturated heterocycles. The van der Waals surface area contributed by atoms with Crippen LogP contribution in [0.1, 0.15) is 18.4 Å². The molecular weight excluding hydrogens is 326 g/mol. The van der Waals surface area contributed by atoms with Crippen LogP contribution in [0.15, 0.2) is 18.2 Å². The van der Waals surface area contributed by atoms with E-state index in [0.717, 1.165) is 37.8 Å². The van der Waals surface area contributed by atoms with Gasteiger partial charge in [-0.05, 0) is 30.5 Å². The van der Waals surface area contributed by atoms with E-state index in [9.17, 15) is 8.78 Å². The summed E-state index contributed by atoms with van der Waals surface area (Å²) in [7, 11) is 0. The van der Waals surface area contributed by atoms with Gasteiger partial charge < -0.3 is 14.8 Å². The monoisotopic (exact) mass is 346 g/mol. The van der Waals surface area contributed by atoms with Crippen LogP contribution in [0.4, 0.5) is 8.78 Å². The molecule has 1 aromatic carbocycles. The predicted octanol–water partition coefficient (Wildman–Crippen LogP) is 2.89. The summed E-state index contributed by atoms with van der Waals surface area (Å²) in [5.41, 5.74) is 0.923. The fourth-order valence-corrected chi connectivity index (χ4v) is 3.11. The third-order valence-corrected chi connectivity index (χ3v) is 4.44.